The number of thioether (sulfide) groups is 1. The third kappa shape index (κ3) is 2.42. The summed E-state index contributed by atoms with van der Waals surface area (Å²) in [5.74, 6) is 0. The van der Waals surface area contributed by atoms with Crippen molar-refractivity contribution >= 4 is 21.8 Å². The van der Waals surface area contributed by atoms with E-state index in [-0.39, 0.29) is 9.64 Å². The van der Waals surface area contributed by atoms with Gasteiger partial charge in [0, 0.05) is 30.6 Å². The first kappa shape index (κ1) is 13.9. The SMILES string of the molecule is CSC1(CN)CCN(S(=O)(=O)c2cn[nH]c2)CC1. The van der Waals surface area contributed by atoms with Crippen LogP contribution in [0.1, 0.15) is 12.8 Å². The van der Waals surface area contributed by atoms with Crippen molar-refractivity contribution in [2.75, 3.05) is 25.9 Å². The second-order valence-electron chi connectivity index (χ2n) is 4.43. The van der Waals surface area contributed by atoms with Crippen LogP contribution in [-0.2, 0) is 10.0 Å². The van der Waals surface area contributed by atoms with Gasteiger partial charge in [0.25, 0.3) is 0 Å². The van der Waals surface area contributed by atoms with E-state index in [0.29, 0.717) is 19.6 Å². The molecule has 0 spiro atoms. The Labute approximate surface area is 111 Å². The molecule has 0 aliphatic carbocycles. The molecule has 0 saturated carbocycles. The van der Waals surface area contributed by atoms with Crippen LogP contribution in [0.2, 0.25) is 0 Å². The average Bonchev–Trinajstić information content (AvgIpc) is 2.93. The van der Waals surface area contributed by atoms with E-state index in [2.05, 4.69) is 10.2 Å². The summed E-state index contributed by atoms with van der Waals surface area (Å²) < 4.78 is 26.1. The monoisotopic (exact) mass is 290 g/mol. The highest BCUT2D eigenvalue weighted by atomic mass is 32.2. The highest BCUT2D eigenvalue weighted by Crippen LogP contribution is 2.35. The van der Waals surface area contributed by atoms with Crippen LogP contribution >= 0.6 is 11.8 Å². The van der Waals surface area contributed by atoms with Crippen molar-refractivity contribution in [2.24, 2.45) is 5.73 Å². The van der Waals surface area contributed by atoms with Gasteiger partial charge in [-0.25, -0.2) is 8.42 Å². The Bertz CT molecular complexity index is 472. The van der Waals surface area contributed by atoms with Crippen LogP contribution in [-0.4, -0.2) is 53.6 Å². The topological polar surface area (TPSA) is 92.1 Å². The Morgan fingerprint density at radius 3 is 2.67 bits per heavy atom. The maximum Gasteiger partial charge on any atom is 0.246 e. The van der Waals surface area contributed by atoms with E-state index in [1.54, 1.807) is 11.8 Å². The molecule has 0 aromatic carbocycles. The summed E-state index contributed by atoms with van der Waals surface area (Å²) in [6, 6.07) is 0. The Morgan fingerprint density at radius 2 is 2.22 bits per heavy atom. The number of sulfonamides is 1. The molecule has 18 heavy (non-hydrogen) atoms. The molecule has 2 heterocycles. The fourth-order valence-electron chi connectivity index (χ4n) is 2.15. The third-order valence-corrected chi connectivity index (χ3v) is 6.85. The molecule has 1 aliphatic rings. The molecule has 2 rings (SSSR count). The number of piperidine rings is 1. The molecule has 0 atom stereocenters. The van der Waals surface area contributed by atoms with Gasteiger partial charge in [-0.15, -0.1) is 0 Å². The molecule has 8 heteroatoms. The lowest BCUT2D eigenvalue weighted by atomic mass is 9.97. The van der Waals surface area contributed by atoms with Gasteiger partial charge >= 0.3 is 0 Å². The maximum absolute atomic E-state index is 12.3. The molecular formula is C10H18N4O2S2. The van der Waals surface area contributed by atoms with Gasteiger partial charge in [-0.1, -0.05) is 0 Å². The number of hydrogen-bond donors (Lipinski definition) is 2. The normalized spacial score (nSPS) is 21.0. The Kier molecular flexibility index (Phi) is 4.00. The lowest BCUT2D eigenvalue weighted by molar-refractivity contribution is 0.301. The molecule has 0 amide bonds. The van der Waals surface area contributed by atoms with Gasteiger partial charge in [-0.3, -0.25) is 5.10 Å². The van der Waals surface area contributed by atoms with E-state index in [4.69, 9.17) is 5.73 Å². The number of H-pyrrole nitrogens is 1. The van der Waals surface area contributed by atoms with Crippen molar-refractivity contribution in [1.29, 1.82) is 0 Å². The molecule has 0 bridgehead atoms. The Balaban J connectivity index is 2.11. The zero-order chi connectivity index (χ0) is 13.2. The van der Waals surface area contributed by atoms with Crippen LogP contribution in [0.4, 0.5) is 0 Å². The van der Waals surface area contributed by atoms with Crippen LogP contribution in [0.25, 0.3) is 0 Å². The van der Waals surface area contributed by atoms with Gasteiger partial charge in [0.1, 0.15) is 4.90 Å². The van der Waals surface area contributed by atoms with E-state index < -0.39 is 10.0 Å². The van der Waals surface area contributed by atoms with Crippen molar-refractivity contribution in [3.05, 3.63) is 12.4 Å². The third-order valence-electron chi connectivity index (χ3n) is 3.55. The van der Waals surface area contributed by atoms with Crippen molar-refractivity contribution in [3.63, 3.8) is 0 Å². The van der Waals surface area contributed by atoms with E-state index >= 15 is 0 Å². The molecule has 0 unspecified atom stereocenters. The molecule has 1 aromatic rings. The predicted molar refractivity (Wildman–Crippen MR) is 71.9 cm³/mol. The number of rotatable bonds is 4. The number of aromatic nitrogens is 2. The van der Waals surface area contributed by atoms with Gasteiger partial charge in [-0.05, 0) is 19.1 Å². The summed E-state index contributed by atoms with van der Waals surface area (Å²) in [6.45, 7) is 1.63. The molecule has 6 nitrogen and oxygen atoms in total. The smallest absolute Gasteiger partial charge is 0.246 e. The van der Waals surface area contributed by atoms with Crippen LogP contribution in [0.3, 0.4) is 0 Å². The number of aromatic amines is 1. The number of nitrogens with two attached hydrogens (primary N) is 1. The summed E-state index contributed by atoms with van der Waals surface area (Å²) in [5, 5.41) is 6.22. The molecule has 3 N–H and O–H groups in total. The standard InChI is InChI=1S/C10H18N4O2S2/c1-17-10(8-11)2-4-14(5-3-10)18(15,16)9-6-12-13-7-9/h6-7H,2-5,8,11H2,1H3,(H,12,13). The van der Waals surface area contributed by atoms with E-state index in [0.717, 1.165) is 12.8 Å². The van der Waals surface area contributed by atoms with Gasteiger partial charge < -0.3 is 5.73 Å². The number of nitrogens with one attached hydrogen (secondary N) is 1. The fourth-order valence-corrected chi connectivity index (χ4v) is 4.26. The van der Waals surface area contributed by atoms with Crippen molar-refractivity contribution < 1.29 is 8.42 Å². The van der Waals surface area contributed by atoms with Crippen molar-refractivity contribution in [1.82, 2.24) is 14.5 Å². The molecular weight excluding hydrogens is 272 g/mol. The summed E-state index contributed by atoms with van der Waals surface area (Å²) in [7, 11) is -3.40. The van der Waals surface area contributed by atoms with E-state index in [1.807, 2.05) is 6.26 Å². The minimum Gasteiger partial charge on any atom is -0.329 e. The highest BCUT2D eigenvalue weighted by molar-refractivity contribution is 8.00. The Hall–Kier alpha value is -0.570. The van der Waals surface area contributed by atoms with E-state index in [1.165, 1.54) is 16.7 Å². The van der Waals surface area contributed by atoms with Gasteiger partial charge in [0.15, 0.2) is 0 Å². The molecule has 1 fully saturated rings. The van der Waals surface area contributed by atoms with Crippen LogP contribution in [0.15, 0.2) is 17.3 Å². The molecule has 1 aromatic heterocycles. The van der Waals surface area contributed by atoms with Gasteiger partial charge in [-0.2, -0.15) is 21.2 Å². The lowest BCUT2D eigenvalue weighted by Gasteiger charge is -2.39. The Morgan fingerprint density at radius 1 is 1.56 bits per heavy atom. The zero-order valence-electron chi connectivity index (χ0n) is 10.3. The molecule has 102 valence electrons. The molecule has 1 saturated heterocycles. The minimum absolute atomic E-state index is 0.0302. The summed E-state index contributed by atoms with van der Waals surface area (Å²) in [6.07, 6.45) is 6.37. The van der Waals surface area contributed by atoms with Crippen LogP contribution in [0, 0.1) is 0 Å². The maximum atomic E-state index is 12.3. The zero-order valence-corrected chi connectivity index (χ0v) is 11.9. The first-order valence-corrected chi connectivity index (χ1v) is 8.45. The van der Waals surface area contributed by atoms with Crippen LogP contribution < -0.4 is 5.73 Å². The highest BCUT2D eigenvalue weighted by Gasteiger charge is 2.37. The van der Waals surface area contributed by atoms with Gasteiger partial charge in [0.2, 0.25) is 10.0 Å². The largest absolute Gasteiger partial charge is 0.329 e. The molecule has 0 radical (unpaired) electrons. The lowest BCUT2D eigenvalue weighted by Crippen LogP contribution is -2.48. The summed E-state index contributed by atoms with van der Waals surface area (Å²) >= 11 is 1.74. The van der Waals surface area contributed by atoms with Gasteiger partial charge in [0.05, 0.1) is 6.20 Å². The first-order valence-electron chi connectivity index (χ1n) is 5.78. The quantitative estimate of drug-likeness (QED) is 0.829. The van der Waals surface area contributed by atoms with E-state index in [9.17, 15) is 8.42 Å². The van der Waals surface area contributed by atoms with Crippen molar-refractivity contribution in [2.45, 2.75) is 22.5 Å². The predicted octanol–water partition coefficient (Wildman–Crippen LogP) is 0.255. The van der Waals surface area contributed by atoms with Crippen LogP contribution in [0.5, 0.6) is 0 Å². The second kappa shape index (κ2) is 5.20. The number of nitrogens with zero attached hydrogens (tertiary/aromatic N) is 2. The first-order chi connectivity index (χ1) is 8.54. The molecule has 1 aliphatic heterocycles. The number of hydrogen-bond acceptors (Lipinski definition) is 5. The van der Waals surface area contributed by atoms with Crippen molar-refractivity contribution in [3.8, 4) is 0 Å². The fraction of sp³-hybridized carbons (Fsp3) is 0.700. The minimum atomic E-state index is -3.40. The summed E-state index contributed by atoms with van der Waals surface area (Å²) in [4.78, 5) is 0.229. The second-order valence-corrected chi connectivity index (χ2v) is 7.64. The average molecular weight is 290 g/mol. The summed E-state index contributed by atoms with van der Waals surface area (Å²) in [5.41, 5.74) is 5.79.